The lowest BCUT2D eigenvalue weighted by molar-refractivity contribution is -0.268. The third-order valence-electron chi connectivity index (χ3n) is 8.86. The van der Waals surface area contributed by atoms with Gasteiger partial charge in [0.15, 0.2) is 11.4 Å². The Labute approximate surface area is 306 Å². The number of carbonyl (C=O) groups excluding carboxylic acids is 1. The van der Waals surface area contributed by atoms with E-state index < -0.39 is 6.29 Å². The van der Waals surface area contributed by atoms with Crippen molar-refractivity contribution in [3.63, 3.8) is 0 Å². The van der Waals surface area contributed by atoms with Crippen LogP contribution in [0.2, 0.25) is 0 Å². The van der Waals surface area contributed by atoms with Gasteiger partial charge in [-0.2, -0.15) is 5.10 Å². The van der Waals surface area contributed by atoms with Crippen LogP contribution in [0.15, 0.2) is 139 Å². The first-order valence-corrected chi connectivity index (χ1v) is 18.0. The summed E-state index contributed by atoms with van der Waals surface area (Å²) in [6, 6.07) is 40.7. The van der Waals surface area contributed by atoms with E-state index in [4.69, 9.17) is 14.2 Å². The first kappa shape index (κ1) is 35.0. The predicted octanol–water partition coefficient (Wildman–Crippen LogP) is 8.66. The van der Waals surface area contributed by atoms with E-state index in [1.807, 2.05) is 91.0 Å². The fourth-order valence-electron chi connectivity index (χ4n) is 6.05. The lowest BCUT2D eigenvalue weighted by Gasteiger charge is -2.41. The molecule has 4 atom stereocenters. The largest absolute Gasteiger partial charge is 0.457 e. The second-order valence-corrected chi connectivity index (χ2v) is 13.5. The van der Waals surface area contributed by atoms with Crippen LogP contribution in [0.4, 0.5) is 10.5 Å². The highest BCUT2D eigenvalue weighted by Crippen LogP contribution is 2.43. The fourth-order valence-corrected chi connectivity index (χ4v) is 6.99. The molecule has 0 saturated carbocycles. The average Bonchev–Trinajstić information content (AvgIpc) is 3.72. The molecule has 0 aliphatic carbocycles. The molecule has 1 fully saturated rings. The van der Waals surface area contributed by atoms with Crippen LogP contribution in [0, 0.1) is 5.92 Å². The molecule has 1 saturated heterocycles. The number of urea groups is 1. The minimum absolute atomic E-state index is 0.0126. The second-order valence-electron chi connectivity index (χ2n) is 12.5. The van der Waals surface area contributed by atoms with Gasteiger partial charge in [0.1, 0.15) is 17.8 Å². The van der Waals surface area contributed by atoms with Crippen molar-refractivity contribution in [1.29, 1.82) is 0 Å². The van der Waals surface area contributed by atoms with Crippen molar-refractivity contribution in [3.05, 3.63) is 156 Å². The maximum absolute atomic E-state index is 12.8. The SMILES string of the molecule is C[C@@H]1[C@H](CSc2ncn[nH]2)O[C@H](c2cccc(-c3cccc(CNC(=O)Nc4ccc(Oc5ccccc5)cc4)c3)c2)O[C@@H]1c1ccc(CO)cc1. The molecule has 11 heteroatoms. The minimum atomic E-state index is -0.605. The van der Waals surface area contributed by atoms with Gasteiger partial charge in [0.2, 0.25) is 0 Å². The second kappa shape index (κ2) is 16.7. The summed E-state index contributed by atoms with van der Waals surface area (Å²) < 4.78 is 19.2. The number of nitrogens with zero attached hydrogens (tertiary/aromatic N) is 2. The van der Waals surface area contributed by atoms with Gasteiger partial charge in [-0.05, 0) is 76.3 Å². The van der Waals surface area contributed by atoms with Crippen LogP contribution in [0.5, 0.6) is 11.5 Å². The summed E-state index contributed by atoms with van der Waals surface area (Å²) in [5.41, 5.74) is 6.41. The van der Waals surface area contributed by atoms with Gasteiger partial charge in [-0.25, -0.2) is 9.78 Å². The Balaban J connectivity index is 1.01. The smallest absolute Gasteiger partial charge is 0.319 e. The zero-order chi connectivity index (χ0) is 35.7. The molecule has 4 N–H and O–H groups in total. The van der Waals surface area contributed by atoms with Gasteiger partial charge in [0.05, 0.1) is 18.8 Å². The molecule has 7 rings (SSSR count). The monoisotopic (exact) mass is 713 g/mol. The van der Waals surface area contributed by atoms with Crippen molar-refractivity contribution in [1.82, 2.24) is 20.5 Å². The molecule has 5 aromatic carbocycles. The molecular weight excluding hydrogens is 675 g/mol. The molecule has 264 valence electrons. The van der Waals surface area contributed by atoms with E-state index in [0.29, 0.717) is 23.7 Å². The number of anilines is 1. The lowest BCUT2D eigenvalue weighted by Crippen LogP contribution is -2.38. The minimum Gasteiger partial charge on any atom is -0.457 e. The molecule has 2 amide bonds. The summed E-state index contributed by atoms with van der Waals surface area (Å²) in [4.78, 5) is 17.0. The number of ether oxygens (including phenoxy) is 3. The zero-order valence-corrected chi connectivity index (χ0v) is 29.3. The number of benzene rings is 5. The number of hydrogen-bond donors (Lipinski definition) is 4. The van der Waals surface area contributed by atoms with Gasteiger partial charge < -0.3 is 30.0 Å². The Morgan fingerprint density at radius 1 is 0.827 bits per heavy atom. The van der Waals surface area contributed by atoms with Gasteiger partial charge in [-0.1, -0.05) is 97.5 Å². The number of H-pyrrole nitrogens is 1. The number of para-hydroxylation sites is 1. The molecule has 2 heterocycles. The van der Waals surface area contributed by atoms with Crippen molar-refractivity contribution in [2.24, 2.45) is 5.92 Å². The van der Waals surface area contributed by atoms with E-state index in [1.54, 1.807) is 23.9 Å². The number of aliphatic hydroxyl groups is 1. The summed E-state index contributed by atoms with van der Waals surface area (Å²) in [7, 11) is 0. The highest BCUT2D eigenvalue weighted by atomic mass is 32.2. The summed E-state index contributed by atoms with van der Waals surface area (Å²) >= 11 is 1.56. The van der Waals surface area contributed by atoms with Crippen molar-refractivity contribution in [2.75, 3.05) is 11.1 Å². The number of amides is 2. The number of aromatic amines is 1. The fraction of sp³-hybridized carbons (Fsp3) is 0.195. The van der Waals surface area contributed by atoms with E-state index in [2.05, 4.69) is 57.0 Å². The van der Waals surface area contributed by atoms with Crippen LogP contribution >= 0.6 is 11.8 Å². The molecule has 6 aromatic rings. The topological polar surface area (TPSA) is 131 Å². The van der Waals surface area contributed by atoms with Gasteiger partial charge in [-0.15, -0.1) is 0 Å². The summed E-state index contributed by atoms with van der Waals surface area (Å²) in [5.74, 6) is 2.14. The maximum Gasteiger partial charge on any atom is 0.319 e. The summed E-state index contributed by atoms with van der Waals surface area (Å²) in [6.07, 6.45) is 0.531. The Kier molecular flexibility index (Phi) is 11.2. The van der Waals surface area contributed by atoms with E-state index in [0.717, 1.165) is 44.3 Å². The molecule has 1 aliphatic rings. The van der Waals surface area contributed by atoms with Gasteiger partial charge >= 0.3 is 6.03 Å². The molecule has 1 aromatic heterocycles. The first-order valence-electron chi connectivity index (χ1n) is 17.1. The third-order valence-corrected chi connectivity index (χ3v) is 9.83. The molecular formula is C41H39N5O5S. The molecule has 10 nitrogen and oxygen atoms in total. The molecule has 0 radical (unpaired) electrons. The quantitative estimate of drug-likeness (QED) is 0.0928. The number of nitrogens with one attached hydrogen (secondary N) is 3. The Morgan fingerprint density at radius 3 is 2.33 bits per heavy atom. The molecule has 1 aliphatic heterocycles. The predicted molar refractivity (Wildman–Crippen MR) is 201 cm³/mol. The van der Waals surface area contributed by atoms with E-state index in [-0.39, 0.29) is 30.8 Å². The van der Waals surface area contributed by atoms with Crippen molar-refractivity contribution in [3.8, 4) is 22.6 Å². The van der Waals surface area contributed by atoms with Crippen molar-refractivity contribution in [2.45, 2.75) is 43.7 Å². The maximum atomic E-state index is 12.8. The normalized spacial score (nSPS) is 18.4. The van der Waals surface area contributed by atoms with Crippen molar-refractivity contribution < 1.29 is 24.1 Å². The Hall–Kier alpha value is -5.46. The third kappa shape index (κ3) is 8.87. The average molecular weight is 714 g/mol. The number of thioether (sulfide) groups is 1. The number of aromatic nitrogens is 3. The zero-order valence-electron chi connectivity index (χ0n) is 28.5. The van der Waals surface area contributed by atoms with Gasteiger partial charge in [0.25, 0.3) is 0 Å². The number of aliphatic hydroxyl groups excluding tert-OH is 1. The van der Waals surface area contributed by atoms with Crippen molar-refractivity contribution >= 4 is 23.5 Å². The van der Waals surface area contributed by atoms with Crippen LogP contribution in [0.1, 0.15) is 41.6 Å². The van der Waals surface area contributed by atoms with Crippen LogP contribution in [-0.4, -0.2) is 38.2 Å². The number of rotatable bonds is 12. The van der Waals surface area contributed by atoms with E-state index in [1.165, 1.54) is 6.33 Å². The highest BCUT2D eigenvalue weighted by Gasteiger charge is 2.38. The van der Waals surface area contributed by atoms with E-state index in [9.17, 15) is 9.90 Å². The van der Waals surface area contributed by atoms with E-state index >= 15 is 0 Å². The molecule has 0 bridgehead atoms. The molecule has 52 heavy (non-hydrogen) atoms. The Morgan fingerprint density at radius 2 is 1.58 bits per heavy atom. The molecule has 0 unspecified atom stereocenters. The number of carbonyl (C=O) groups is 1. The summed E-state index contributed by atoms with van der Waals surface area (Å²) in [5, 5.41) is 23.0. The number of hydrogen-bond acceptors (Lipinski definition) is 8. The van der Waals surface area contributed by atoms with Gasteiger partial charge in [-0.3, -0.25) is 5.10 Å². The molecule has 0 spiro atoms. The van der Waals surface area contributed by atoms with Crippen LogP contribution < -0.4 is 15.4 Å². The van der Waals surface area contributed by atoms with Crippen LogP contribution in [-0.2, 0) is 22.6 Å². The lowest BCUT2D eigenvalue weighted by atomic mass is 9.91. The first-order chi connectivity index (χ1) is 25.5. The summed E-state index contributed by atoms with van der Waals surface area (Å²) in [6.45, 7) is 2.48. The highest BCUT2D eigenvalue weighted by molar-refractivity contribution is 7.99. The Bertz CT molecular complexity index is 2050. The van der Waals surface area contributed by atoms with Crippen LogP contribution in [0.25, 0.3) is 11.1 Å². The van der Waals surface area contributed by atoms with Gasteiger partial charge in [0, 0.05) is 29.5 Å². The standard InChI is InChI=1S/C41H39N5O5S/c1-27-37(25-52-41-43-26-44-46-41)50-39(51-38(27)30-15-13-28(24-47)14-16-30)33-10-6-9-32(22-33)31-8-5-7-29(21-31)23-42-40(48)45-34-17-19-36(20-18-34)49-35-11-3-2-4-12-35/h2-22,26-27,37-39,47H,23-25H2,1H3,(H2,42,45,48)(H,43,44,46)/t27-,37+,38+,39+/m1/s1. The van der Waals surface area contributed by atoms with Crippen LogP contribution in [0.3, 0.4) is 0 Å².